The van der Waals surface area contributed by atoms with Crippen molar-refractivity contribution < 1.29 is 18.7 Å². The molecule has 0 bridgehead atoms. The van der Waals surface area contributed by atoms with Gasteiger partial charge in [-0.05, 0) is 43.2 Å². The summed E-state index contributed by atoms with van der Waals surface area (Å²) in [5.74, 6) is -0.651. The minimum absolute atomic E-state index is 0.0593. The van der Waals surface area contributed by atoms with Gasteiger partial charge in [0, 0.05) is 12.2 Å². The zero-order valence-electron chi connectivity index (χ0n) is 14.7. The molecular formula is C19H19FN4O3. The molecule has 2 saturated heterocycles. The first-order valence-electron chi connectivity index (χ1n) is 8.82. The monoisotopic (exact) mass is 370 g/mol. The molecule has 1 unspecified atom stereocenters. The zero-order chi connectivity index (χ0) is 18.9. The van der Waals surface area contributed by atoms with Crippen LogP contribution in [0.1, 0.15) is 23.2 Å². The summed E-state index contributed by atoms with van der Waals surface area (Å²) >= 11 is 0. The van der Waals surface area contributed by atoms with Gasteiger partial charge in [-0.1, -0.05) is 0 Å². The Morgan fingerprint density at radius 3 is 2.70 bits per heavy atom. The second-order valence-corrected chi connectivity index (χ2v) is 6.89. The number of piperidine rings is 1. The van der Waals surface area contributed by atoms with Crippen LogP contribution in [0.5, 0.6) is 0 Å². The first kappa shape index (κ1) is 17.5. The summed E-state index contributed by atoms with van der Waals surface area (Å²) in [5, 5.41) is 7.46. The van der Waals surface area contributed by atoms with E-state index in [-0.39, 0.29) is 24.2 Å². The minimum atomic E-state index is -0.628. The van der Waals surface area contributed by atoms with Crippen molar-refractivity contribution in [3.05, 3.63) is 54.1 Å². The average Bonchev–Trinajstić information content (AvgIpc) is 2.71. The lowest BCUT2D eigenvalue weighted by Gasteiger charge is -2.47. The number of carbonyl (C=O) groups is 2. The van der Waals surface area contributed by atoms with E-state index in [1.54, 1.807) is 28.0 Å². The molecule has 4 rings (SSSR count). The van der Waals surface area contributed by atoms with Crippen LogP contribution in [0, 0.1) is 5.82 Å². The van der Waals surface area contributed by atoms with E-state index in [0.717, 1.165) is 12.8 Å². The van der Waals surface area contributed by atoms with Gasteiger partial charge in [0.25, 0.3) is 11.8 Å². The fourth-order valence-electron chi connectivity index (χ4n) is 3.69. The summed E-state index contributed by atoms with van der Waals surface area (Å²) in [5.41, 5.74) is 0.478. The van der Waals surface area contributed by atoms with Gasteiger partial charge in [0.1, 0.15) is 18.0 Å². The van der Waals surface area contributed by atoms with Gasteiger partial charge in [0.15, 0.2) is 0 Å². The molecule has 7 nitrogen and oxygen atoms in total. The Hall–Kier alpha value is -2.87. The number of nitrogens with zero attached hydrogens (tertiary/aromatic N) is 4. The summed E-state index contributed by atoms with van der Waals surface area (Å²) in [4.78, 5) is 28.5. The second-order valence-electron chi connectivity index (χ2n) is 6.89. The molecule has 0 N–H and O–H groups in total. The molecule has 2 aliphatic rings. The number of hydrogen-bond acceptors (Lipinski definition) is 5. The van der Waals surface area contributed by atoms with Crippen molar-refractivity contribution in [2.24, 2.45) is 0 Å². The summed E-state index contributed by atoms with van der Waals surface area (Å²) in [6.07, 6.45) is 4.45. The Labute approximate surface area is 155 Å². The highest BCUT2D eigenvalue weighted by molar-refractivity contribution is 5.96. The maximum Gasteiger partial charge on any atom is 0.255 e. The lowest BCUT2D eigenvalue weighted by atomic mass is 9.90. The number of ether oxygens (including phenoxy) is 1. The third kappa shape index (κ3) is 3.52. The second kappa shape index (κ2) is 7.03. The summed E-state index contributed by atoms with van der Waals surface area (Å²) < 4.78 is 19.1. The van der Waals surface area contributed by atoms with Gasteiger partial charge in [-0.15, -0.1) is 0 Å². The number of amides is 2. The number of rotatable bonds is 2. The van der Waals surface area contributed by atoms with Crippen LogP contribution in [-0.2, 0) is 9.53 Å². The van der Waals surface area contributed by atoms with Crippen LogP contribution in [-0.4, -0.2) is 58.8 Å². The van der Waals surface area contributed by atoms with Crippen molar-refractivity contribution >= 4 is 17.5 Å². The molecule has 140 valence electrons. The molecule has 2 fully saturated rings. The Morgan fingerprint density at radius 2 is 1.96 bits per heavy atom. The first-order valence-corrected chi connectivity index (χ1v) is 8.82. The van der Waals surface area contributed by atoms with Crippen molar-refractivity contribution in [1.82, 2.24) is 15.1 Å². The third-order valence-electron chi connectivity index (χ3n) is 5.05. The van der Waals surface area contributed by atoms with E-state index in [9.17, 15) is 14.0 Å². The molecule has 27 heavy (non-hydrogen) atoms. The smallest absolute Gasteiger partial charge is 0.255 e. The summed E-state index contributed by atoms with van der Waals surface area (Å²) in [7, 11) is 0. The number of morpholine rings is 1. The minimum Gasteiger partial charge on any atom is -0.361 e. The molecule has 2 aliphatic heterocycles. The fraction of sp³-hybridized carbons (Fsp3) is 0.368. The van der Waals surface area contributed by atoms with Crippen molar-refractivity contribution in [2.75, 3.05) is 31.1 Å². The van der Waals surface area contributed by atoms with E-state index in [1.807, 2.05) is 0 Å². The van der Waals surface area contributed by atoms with Crippen molar-refractivity contribution in [3.63, 3.8) is 0 Å². The van der Waals surface area contributed by atoms with Crippen molar-refractivity contribution in [2.45, 2.75) is 18.4 Å². The van der Waals surface area contributed by atoms with Gasteiger partial charge in [-0.25, -0.2) is 4.39 Å². The first-order chi connectivity index (χ1) is 13.1. The van der Waals surface area contributed by atoms with Crippen LogP contribution >= 0.6 is 0 Å². The van der Waals surface area contributed by atoms with Gasteiger partial charge in [-0.3, -0.25) is 9.59 Å². The normalized spacial score (nSPS) is 22.9. The van der Waals surface area contributed by atoms with Gasteiger partial charge < -0.3 is 14.5 Å². The lowest BCUT2D eigenvalue weighted by molar-refractivity contribution is -0.144. The average molecular weight is 370 g/mol. The maximum atomic E-state index is 13.2. The van der Waals surface area contributed by atoms with E-state index in [4.69, 9.17) is 4.74 Å². The number of likely N-dealkylation sites (tertiary alicyclic amines) is 1. The topological polar surface area (TPSA) is 75.6 Å². The molecule has 3 heterocycles. The third-order valence-corrected chi connectivity index (χ3v) is 5.05. The Balaban J connectivity index is 1.54. The molecular weight excluding hydrogens is 351 g/mol. The van der Waals surface area contributed by atoms with E-state index in [0.29, 0.717) is 30.9 Å². The highest BCUT2D eigenvalue weighted by Gasteiger charge is 2.44. The number of carbonyl (C=O) groups excluding carboxylic acids is 2. The summed E-state index contributed by atoms with van der Waals surface area (Å²) in [6, 6.07) is 7.46. The SMILES string of the molecule is O=C(c1ccnnc1)N1CCCC2(C1)CN(c1ccc(F)cc1)C(=O)CO2. The van der Waals surface area contributed by atoms with E-state index in [2.05, 4.69) is 10.2 Å². The van der Waals surface area contributed by atoms with Crippen LogP contribution in [0.3, 0.4) is 0 Å². The predicted octanol–water partition coefficient (Wildman–Crippen LogP) is 1.65. The molecule has 0 radical (unpaired) electrons. The predicted molar refractivity (Wildman–Crippen MR) is 94.6 cm³/mol. The number of aromatic nitrogens is 2. The van der Waals surface area contributed by atoms with Crippen LogP contribution in [0.2, 0.25) is 0 Å². The highest BCUT2D eigenvalue weighted by atomic mass is 19.1. The fourth-order valence-corrected chi connectivity index (χ4v) is 3.69. The molecule has 1 aromatic heterocycles. The highest BCUT2D eigenvalue weighted by Crippen LogP contribution is 2.32. The summed E-state index contributed by atoms with van der Waals surface area (Å²) in [6.45, 7) is 1.28. The standard InChI is InChI=1S/C19H19FN4O3/c20-15-2-4-16(5-3-15)24-13-19(27-11-17(24)25)7-1-9-23(12-19)18(26)14-6-8-21-22-10-14/h2-6,8,10H,1,7,9,11-13H2. The Morgan fingerprint density at radius 1 is 1.15 bits per heavy atom. The largest absolute Gasteiger partial charge is 0.361 e. The van der Waals surface area contributed by atoms with Crippen LogP contribution in [0.25, 0.3) is 0 Å². The molecule has 8 heteroatoms. The van der Waals surface area contributed by atoms with E-state index in [1.165, 1.54) is 24.5 Å². The van der Waals surface area contributed by atoms with Gasteiger partial charge >= 0.3 is 0 Å². The molecule has 0 saturated carbocycles. The van der Waals surface area contributed by atoms with Gasteiger partial charge in [0.2, 0.25) is 0 Å². The van der Waals surface area contributed by atoms with Crippen LogP contribution in [0.15, 0.2) is 42.7 Å². The number of hydrogen-bond donors (Lipinski definition) is 0. The number of benzene rings is 1. The van der Waals surface area contributed by atoms with Crippen molar-refractivity contribution in [3.8, 4) is 0 Å². The van der Waals surface area contributed by atoms with Crippen LogP contribution in [0.4, 0.5) is 10.1 Å². The van der Waals surface area contributed by atoms with E-state index >= 15 is 0 Å². The van der Waals surface area contributed by atoms with Gasteiger partial charge in [0.05, 0.1) is 31.0 Å². The molecule has 1 aromatic carbocycles. The Bertz CT molecular complexity index is 846. The number of halogens is 1. The zero-order valence-corrected chi connectivity index (χ0v) is 14.7. The molecule has 0 aliphatic carbocycles. The molecule has 2 amide bonds. The van der Waals surface area contributed by atoms with Gasteiger partial charge in [-0.2, -0.15) is 10.2 Å². The van der Waals surface area contributed by atoms with Crippen molar-refractivity contribution in [1.29, 1.82) is 0 Å². The lowest BCUT2D eigenvalue weighted by Crippen LogP contribution is -2.62. The van der Waals surface area contributed by atoms with Crippen LogP contribution < -0.4 is 4.90 Å². The quantitative estimate of drug-likeness (QED) is 0.804. The number of anilines is 1. The maximum absolute atomic E-state index is 13.2. The molecule has 2 aromatic rings. The molecule has 1 atom stereocenters. The van der Waals surface area contributed by atoms with E-state index < -0.39 is 5.60 Å². The Kier molecular flexibility index (Phi) is 4.57. The molecule has 1 spiro atoms.